The van der Waals surface area contributed by atoms with Crippen LogP contribution in [0.15, 0.2) is 47.7 Å². The molecule has 0 aliphatic carbocycles. The van der Waals surface area contributed by atoms with E-state index in [0.29, 0.717) is 40.7 Å². The van der Waals surface area contributed by atoms with Gasteiger partial charge in [0.25, 0.3) is 0 Å². The predicted octanol–water partition coefficient (Wildman–Crippen LogP) is 3.93. The summed E-state index contributed by atoms with van der Waals surface area (Å²) in [6.45, 7) is 2.20. The summed E-state index contributed by atoms with van der Waals surface area (Å²) >= 11 is 6.31. The monoisotopic (exact) mass is 450 g/mol. The fourth-order valence-electron chi connectivity index (χ4n) is 4.24. The Morgan fingerprint density at radius 3 is 3.03 bits per heavy atom. The van der Waals surface area contributed by atoms with Gasteiger partial charge in [0, 0.05) is 17.0 Å². The number of para-hydroxylation sites is 1. The number of nitrogens with zero attached hydrogens (tertiary/aromatic N) is 5. The maximum absolute atomic E-state index is 14.3. The number of nitrogens with one attached hydrogen (secondary N) is 1. The van der Waals surface area contributed by atoms with Crippen LogP contribution in [-0.4, -0.2) is 35.7 Å². The van der Waals surface area contributed by atoms with Crippen LogP contribution in [0.5, 0.6) is 5.75 Å². The first kappa shape index (κ1) is 19.0. The molecule has 1 N–H and O–H groups in total. The summed E-state index contributed by atoms with van der Waals surface area (Å²) in [5, 5.41) is 0.611. The molecule has 3 aromatic heterocycles. The highest BCUT2D eigenvalue weighted by molar-refractivity contribution is 6.32. The molecule has 0 amide bonds. The van der Waals surface area contributed by atoms with E-state index in [2.05, 4.69) is 19.9 Å². The van der Waals surface area contributed by atoms with Crippen LogP contribution in [-0.2, 0) is 0 Å². The van der Waals surface area contributed by atoms with Gasteiger partial charge < -0.3 is 9.72 Å². The molecule has 0 unspecified atom stereocenters. The van der Waals surface area contributed by atoms with E-state index < -0.39 is 11.9 Å². The zero-order chi connectivity index (χ0) is 22.0. The topological polar surface area (TPSA) is 90.6 Å². The fraction of sp³-hybridized carbons (Fsp3) is 0.182. The average Bonchev–Trinajstić information content (AvgIpc) is 3.33. The number of aromatic amines is 1. The van der Waals surface area contributed by atoms with Gasteiger partial charge in [-0.25, -0.2) is 19.2 Å². The van der Waals surface area contributed by atoms with Crippen LogP contribution in [0.25, 0.3) is 28.1 Å². The maximum atomic E-state index is 14.3. The Balaban J connectivity index is 1.55. The first-order chi connectivity index (χ1) is 15.5. The van der Waals surface area contributed by atoms with Crippen LogP contribution in [0.2, 0.25) is 5.02 Å². The van der Waals surface area contributed by atoms with Crippen molar-refractivity contribution < 1.29 is 9.13 Å². The summed E-state index contributed by atoms with van der Waals surface area (Å²) in [5.74, 6) is 0.0663. The summed E-state index contributed by atoms with van der Waals surface area (Å²) in [7, 11) is 0. The van der Waals surface area contributed by atoms with Crippen molar-refractivity contribution in [1.82, 2.24) is 29.1 Å². The SMILES string of the molecule is Cc1cc2ncn(-c3ncc4[nH]c(=O)n([C@@H]5CCOc6c(F)cccc65)c4n3)c2cc1Cl. The van der Waals surface area contributed by atoms with E-state index in [1.54, 1.807) is 29.2 Å². The molecule has 160 valence electrons. The summed E-state index contributed by atoms with van der Waals surface area (Å²) in [4.78, 5) is 29.2. The molecule has 10 heteroatoms. The van der Waals surface area contributed by atoms with Crippen molar-refractivity contribution in [3.63, 3.8) is 0 Å². The lowest BCUT2D eigenvalue weighted by molar-refractivity contribution is 0.244. The Morgan fingerprint density at radius 1 is 1.28 bits per heavy atom. The van der Waals surface area contributed by atoms with E-state index in [1.165, 1.54) is 10.6 Å². The van der Waals surface area contributed by atoms with Gasteiger partial charge in [-0.15, -0.1) is 0 Å². The second kappa shape index (κ2) is 6.89. The van der Waals surface area contributed by atoms with Crippen LogP contribution in [0.3, 0.4) is 0 Å². The Hall–Kier alpha value is -3.72. The third-order valence-corrected chi connectivity index (χ3v) is 6.20. The Kier molecular flexibility index (Phi) is 4.09. The van der Waals surface area contributed by atoms with Crippen molar-refractivity contribution >= 4 is 33.8 Å². The molecule has 8 nitrogen and oxygen atoms in total. The van der Waals surface area contributed by atoms with Crippen molar-refractivity contribution in [2.24, 2.45) is 0 Å². The molecular weight excluding hydrogens is 435 g/mol. The van der Waals surface area contributed by atoms with Crippen molar-refractivity contribution in [2.75, 3.05) is 6.61 Å². The van der Waals surface area contributed by atoms with Crippen molar-refractivity contribution in [3.8, 4) is 11.7 Å². The van der Waals surface area contributed by atoms with E-state index in [1.807, 2.05) is 19.1 Å². The van der Waals surface area contributed by atoms with Crippen LogP contribution >= 0.6 is 11.6 Å². The molecular formula is C22H16ClFN6O2. The normalized spacial score (nSPS) is 15.8. The summed E-state index contributed by atoms with van der Waals surface area (Å²) in [6.07, 6.45) is 3.68. The number of hydrogen-bond donors (Lipinski definition) is 1. The van der Waals surface area contributed by atoms with Crippen molar-refractivity contribution in [3.05, 3.63) is 75.3 Å². The Morgan fingerprint density at radius 2 is 2.16 bits per heavy atom. The van der Waals surface area contributed by atoms with Gasteiger partial charge in [0.2, 0.25) is 5.95 Å². The highest BCUT2D eigenvalue weighted by Gasteiger charge is 2.28. The minimum atomic E-state index is -0.451. The number of H-pyrrole nitrogens is 1. The van der Waals surface area contributed by atoms with Gasteiger partial charge in [0.05, 0.1) is 29.9 Å². The van der Waals surface area contributed by atoms with E-state index >= 15 is 0 Å². The van der Waals surface area contributed by atoms with Gasteiger partial charge in [-0.05, 0) is 30.7 Å². The minimum Gasteiger partial charge on any atom is -0.490 e. The van der Waals surface area contributed by atoms with Gasteiger partial charge in [-0.3, -0.25) is 9.13 Å². The number of rotatable bonds is 2. The predicted molar refractivity (Wildman–Crippen MR) is 117 cm³/mol. The summed E-state index contributed by atoms with van der Waals surface area (Å²) in [5.41, 5.74) is 3.60. The van der Waals surface area contributed by atoms with Gasteiger partial charge in [-0.1, -0.05) is 23.7 Å². The maximum Gasteiger partial charge on any atom is 0.328 e. The molecule has 0 saturated heterocycles. The van der Waals surface area contributed by atoms with Gasteiger partial charge >= 0.3 is 5.69 Å². The average molecular weight is 451 g/mol. The lowest BCUT2D eigenvalue weighted by Crippen LogP contribution is -2.28. The molecule has 5 aromatic rings. The largest absolute Gasteiger partial charge is 0.490 e. The molecule has 0 saturated carbocycles. The fourth-order valence-corrected chi connectivity index (χ4v) is 4.40. The lowest BCUT2D eigenvalue weighted by atomic mass is 10.00. The van der Waals surface area contributed by atoms with E-state index in [0.717, 1.165) is 16.6 Å². The van der Waals surface area contributed by atoms with Crippen LogP contribution < -0.4 is 10.4 Å². The summed E-state index contributed by atoms with van der Waals surface area (Å²) in [6, 6.07) is 8.01. The van der Waals surface area contributed by atoms with Gasteiger partial charge in [0.1, 0.15) is 11.8 Å². The third-order valence-electron chi connectivity index (χ3n) is 5.79. The van der Waals surface area contributed by atoms with Crippen molar-refractivity contribution in [1.29, 1.82) is 0 Å². The second-order valence-electron chi connectivity index (χ2n) is 7.72. The van der Waals surface area contributed by atoms with E-state index in [9.17, 15) is 9.18 Å². The molecule has 0 fully saturated rings. The molecule has 1 atom stereocenters. The number of halogens is 2. The van der Waals surface area contributed by atoms with E-state index in [-0.39, 0.29) is 11.4 Å². The number of hydrogen-bond acceptors (Lipinski definition) is 5. The van der Waals surface area contributed by atoms with Crippen LogP contribution in [0.1, 0.15) is 23.6 Å². The lowest BCUT2D eigenvalue weighted by Gasteiger charge is -2.26. The molecule has 0 radical (unpaired) electrons. The third kappa shape index (κ3) is 2.74. The van der Waals surface area contributed by atoms with Crippen LogP contribution in [0.4, 0.5) is 4.39 Å². The Bertz CT molecular complexity index is 1590. The molecule has 4 heterocycles. The molecule has 6 rings (SSSR count). The molecule has 0 spiro atoms. The Labute approximate surface area is 185 Å². The van der Waals surface area contributed by atoms with Crippen molar-refractivity contribution in [2.45, 2.75) is 19.4 Å². The quantitative estimate of drug-likeness (QED) is 0.440. The van der Waals surface area contributed by atoms with Gasteiger partial charge in [-0.2, -0.15) is 4.98 Å². The minimum absolute atomic E-state index is 0.171. The van der Waals surface area contributed by atoms with Gasteiger partial charge in [0.15, 0.2) is 17.2 Å². The number of aromatic nitrogens is 6. The molecule has 2 aromatic carbocycles. The first-order valence-corrected chi connectivity index (χ1v) is 10.4. The number of ether oxygens (including phenoxy) is 1. The molecule has 1 aliphatic heterocycles. The number of aryl methyl sites for hydroxylation is 1. The highest BCUT2D eigenvalue weighted by atomic mass is 35.5. The van der Waals surface area contributed by atoms with E-state index in [4.69, 9.17) is 16.3 Å². The number of benzene rings is 2. The first-order valence-electron chi connectivity index (χ1n) is 10.0. The summed E-state index contributed by atoms with van der Waals surface area (Å²) < 4.78 is 23.1. The van der Waals surface area contributed by atoms with Crippen LogP contribution in [0, 0.1) is 12.7 Å². The molecule has 0 bridgehead atoms. The molecule has 32 heavy (non-hydrogen) atoms. The molecule has 1 aliphatic rings. The second-order valence-corrected chi connectivity index (χ2v) is 8.13. The standard InChI is InChI=1S/C22H16ClFN6O2/c1-11-7-15-18(8-13(11)23)29(10-26-15)21-25-9-16-20(28-21)30(22(31)27-16)17-5-6-32-19-12(17)3-2-4-14(19)24/h2-4,7-10,17H,5-6H2,1H3,(H,27,31)/t17-/m1/s1. The zero-order valence-electron chi connectivity index (χ0n) is 16.8. The highest BCUT2D eigenvalue weighted by Crippen LogP contribution is 2.37. The number of fused-ring (bicyclic) bond motifs is 3. The zero-order valence-corrected chi connectivity index (χ0v) is 17.6. The smallest absolute Gasteiger partial charge is 0.328 e. The number of imidazole rings is 2.